The highest BCUT2D eigenvalue weighted by atomic mass is 79.9. The van der Waals surface area contributed by atoms with Gasteiger partial charge >= 0.3 is 0 Å². The van der Waals surface area contributed by atoms with Gasteiger partial charge in [-0.05, 0) is 39.7 Å². The number of hydrogen-bond donors (Lipinski definition) is 1. The van der Waals surface area contributed by atoms with E-state index in [1.807, 2.05) is 47.4 Å². The number of rotatable bonds is 2. The highest BCUT2D eigenvalue weighted by molar-refractivity contribution is 9.10. The van der Waals surface area contributed by atoms with Crippen molar-refractivity contribution in [1.82, 2.24) is 14.8 Å². The van der Waals surface area contributed by atoms with E-state index in [9.17, 15) is 0 Å². The molecule has 0 aliphatic rings. The first kappa shape index (κ1) is 11.9. The Morgan fingerprint density at radius 1 is 1.11 bits per heavy atom. The van der Waals surface area contributed by atoms with Gasteiger partial charge in [0.15, 0.2) is 0 Å². The summed E-state index contributed by atoms with van der Waals surface area (Å²) in [6, 6.07) is 9.65. The monoisotopic (exact) mass is 314 g/mol. The molecule has 3 rings (SSSR count). The fourth-order valence-electron chi connectivity index (χ4n) is 1.88. The average molecular weight is 315 g/mol. The van der Waals surface area contributed by atoms with Crippen LogP contribution in [0.1, 0.15) is 0 Å². The molecule has 2 heterocycles. The maximum atomic E-state index is 5.80. The van der Waals surface area contributed by atoms with Crippen LogP contribution in [0.5, 0.6) is 0 Å². The molecule has 1 aromatic carbocycles. The smallest absolute Gasteiger partial charge is 0.0818 e. The summed E-state index contributed by atoms with van der Waals surface area (Å²) in [5.74, 6) is 0. The summed E-state index contributed by atoms with van der Waals surface area (Å²) in [5.41, 5.74) is 9.57. The second-order valence-corrected chi connectivity index (χ2v) is 4.98. The van der Waals surface area contributed by atoms with Crippen LogP contribution in [0.25, 0.3) is 16.8 Å². The van der Waals surface area contributed by atoms with Gasteiger partial charge in [0.2, 0.25) is 0 Å². The lowest BCUT2D eigenvalue weighted by molar-refractivity contribution is 0.873. The molecule has 0 fully saturated rings. The molecule has 0 unspecified atom stereocenters. The number of nitrogen functional groups attached to an aromatic ring is 1. The van der Waals surface area contributed by atoms with Crippen LogP contribution in [-0.4, -0.2) is 14.8 Å². The van der Waals surface area contributed by atoms with Crippen molar-refractivity contribution < 1.29 is 0 Å². The van der Waals surface area contributed by atoms with Crippen molar-refractivity contribution in [2.24, 2.45) is 0 Å². The summed E-state index contributed by atoms with van der Waals surface area (Å²) >= 11 is 3.47. The van der Waals surface area contributed by atoms with Gasteiger partial charge in [-0.25, -0.2) is 4.68 Å². The van der Waals surface area contributed by atoms with E-state index in [1.54, 1.807) is 12.4 Å². The standard InChI is InChI=1S/C14H11BrN4/c15-13-8-17-5-4-14(13)19-9-11(7-18-19)10-2-1-3-12(16)6-10/h1-9H,16H2. The first-order valence-corrected chi connectivity index (χ1v) is 6.54. The highest BCUT2D eigenvalue weighted by Gasteiger charge is 2.06. The van der Waals surface area contributed by atoms with Gasteiger partial charge in [0.05, 0.1) is 16.4 Å². The zero-order chi connectivity index (χ0) is 13.2. The molecule has 94 valence electrons. The minimum absolute atomic E-state index is 0.746. The van der Waals surface area contributed by atoms with Gasteiger partial charge < -0.3 is 5.73 Å². The van der Waals surface area contributed by atoms with Crippen LogP contribution in [0.4, 0.5) is 5.69 Å². The van der Waals surface area contributed by atoms with Gasteiger partial charge in [0.25, 0.3) is 0 Å². The molecule has 0 radical (unpaired) electrons. The first-order valence-electron chi connectivity index (χ1n) is 5.74. The van der Waals surface area contributed by atoms with Crippen molar-refractivity contribution in [3.63, 3.8) is 0 Å². The first-order chi connectivity index (χ1) is 9.24. The number of anilines is 1. The molecule has 5 heteroatoms. The largest absolute Gasteiger partial charge is 0.399 e. The minimum atomic E-state index is 0.746. The van der Waals surface area contributed by atoms with Gasteiger partial charge in [-0.1, -0.05) is 12.1 Å². The predicted octanol–water partition coefficient (Wildman–Crippen LogP) is 3.28. The van der Waals surface area contributed by atoms with Crippen molar-refractivity contribution in [2.45, 2.75) is 0 Å². The Bertz CT molecular complexity index is 721. The van der Waals surface area contributed by atoms with Crippen molar-refractivity contribution in [2.75, 3.05) is 5.73 Å². The highest BCUT2D eigenvalue weighted by Crippen LogP contribution is 2.24. The van der Waals surface area contributed by atoms with E-state index in [0.29, 0.717) is 0 Å². The molecule has 0 saturated carbocycles. The molecule has 0 saturated heterocycles. The van der Waals surface area contributed by atoms with E-state index < -0.39 is 0 Å². The second kappa shape index (κ2) is 4.85. The van der Waals surface area contributed by atoms with E-state index in [4.69, 9.17) is 5.73 Å². The number of nitrogens with zero attached hydrogens (tertiary/aromatic N) is 3. The Morgan fingerprint density at radius 3 is 2.79 bits per heavy atom. The van der Waals surface area contributed by atoms with Crippen LogP contribution in [-0.2, 0) is 0 Å². The lowest BCUT2D eigenvalue weighted by atomic mass is 10.1. The molecular weight excluding hydrogens is 304 g/mol. The molecule has 0 aliphatic carbocycles. The van der Waals surface area contributed by atoms with Gasteiger partial charge in [0.1, 0.15) is 0 Å². The Kier molecular flexibility index (Phi) is 3.05. The van der Waals surface area contributed by atoms with E-state index in [0.717, 1.165) is 27.0 Å². The third-order valence-electron chi connectivity index (χ3n) is 2.80. The maximum absolute atomic E-state index is 5.80. The van der Waals surface area contributed by atoms with E-state index in [1.165, 1.54) is 0 Å². The number of hydrogen-bond acceptors (Lipinski definition) is 3. The summed E-state index contributed by atoms with van der Waals surface area (Å²) in [5, 5.41) is 4.37. The second-order valence-electron chi connectivity index (χ2n) is 4.13. The SMILES string of the molecule is Nc1cccc(-c2cnn(-c3ccncc3Br)c2)c1. The average Bonchev–Trinajstić information content (AvgIpc) is 2.89. The predicted molar refractivity (Wildman–Crippen MR) is 78.9 cm³/mol. The van der Waals surface area contributed by atoms with Crippen molar-refractivity contribution in [3.05, 3.63) is 59.6 Å². The fourth-order valence-corrected chi connectivity index (χ4v) is 2.31. The molecule has 0 spiro atoms. The zero-order valence-corrected chi connectivity index (χ0v) is 11.6. The summed E-state index contributed by atoms with van der Waals surface area (Å²) in [6.07, 6.45) is 7.27. The normalized spacial score (nSPS) is 10.6. The lowest BCUT2D eigenvalue weighted by Gasteiger charge is -2.02. The van der Waals surface area contributed by atoms with Crippen LogP contribution >= 0.6 is 15.9 Å². The van der Waals surface area contributed by atoms with Gasteiger partial charge in [-0.3, -0.25) is 4.98 Å². The Labute approximate surface area is 119 Å². The minimum Gasteiger partial charge on any atom is -0.399 e. The van der Waals surface area contributed by atoms with E-state index in [-0.39, 0.29) is 0 Å². The molecule has 0 bridgehead atoms. The van der Waals surface area contributed by atoms with E-state index in [2.05, 4.69) is 26.0 Å². The summed E-state index contributed by atoms with van der Waals surface area (Å²) < 4.78 is 2.71. The number of aromatic nitrogens is 3. The molecular formula is C14H11BrN4. The zero-order valence-electron chi connectivity index (χ0n) is 9.99. The summed E-state index contributed by atoms with van der Waals surface area (Å²) in [4.78, 5) is 4.04. The van der Waals surface area contributed by atoms with Crippen LogP contribution in [0.15, 0.2) is 59.6 Å². The number of nitrogens with two attached hydrogens (primary N) is 1. The number of pyridine rings is 1. The third-order valence-corrected chi connectivity index (χ3v) is 3.41. The maximum Gasteiger partial charge on any atom is 0.0818 e. The van der Waals surface area contributed by atoms with Crippen molar-refractivity contribution in [1.29, 1.82) is 0 Å². The molecule has 4 nitrogen and oxygen atoms in total. The molecule has 3 aromatic rings. The molecule has 0 atom stereocenters. The van der Waals surface area contributed by atoms with Crippen LogP contribution in [0.3, 0.4) is 0 Å². The van der Waals surface area contributed by atoms with Crippen molar-refractivity contribution in [3.8, 4) is 16.8 Å². The van der Waals surface area contributed by atoms with Crippen LogP contribution in [0, 0.1) is 0 Å². The Hall–Kier alpha value is -2.14. The van der Waals surface area contributed by atoms with Gasteiger partial charge in [-0.2, -0.15) is 5.10 Å². The van der Waals surface area contributed by atoms with Crippen molar-refractivity contribution >= 4 is 21.6 Å². The molecule has 0 aliphatic heterocycles. The molecule has 2 N–H and O–H groups in total. The summed E-state index contributed by atoms with van der Waals surface area (Å²) in [7, 11) is 0. The molecule has 19 heavy (non-hydrogen) atoms. The third kappa shape index (κ3) is 2.37. The quantitative estimate of drug-likeness (QED) is 0.738. The molecule has 2 aromatic heterocycles. The van der Waals surface area contributed by atoms with E-state index >= 15 is 0 Å². The lowest BCUT2D eigenvalue weighted by Crippen LogP contribution is -1.95. The number of halogens is 1. The van der Waals surface area contributed by atoms with Crippen LogP contribution < -0.4 is 5.73 Å². The Morgan fingerprint density at radius 2 is 2.00 bits per heavy atom. The van der Waals surface area contributed by atoms with Gasteiger partial charge in [-0.15, -0.1) is 0 Å². The fraction of sp³-hybridized carbons (Fsp3) is 0. The summed E-state index contributed by atoms with van der Waals surface area (Å²) in [6.45, 7) is 0. The van der Waals surface area contributed by atoms with Gasteiger partial charge in [0, 0.05) is 29.8 Å². The number of benzene rings is 1. The topological polar surface area (TPSA) is 56.7 Å². The van der Waals surface area contributed by atoms with Crippen LogP contribution in [0.2, 0.25) is 0 Å². The molecule has 0 amide bonds. The Balaban J connectivity index is 2.03.